The molecule has 1 aromatic carbocycles. The van der Waals surface area contributed by atoms with Gasteiger partial charge in [0.2, 0.25) is 9.84 Å². The number of carbonyl (C=O) groups excluding carboxylic acids is 1. The topological polar surface area (TPSA) is 93.9 Å². The Morgan fingerprint density at radius 1 is 1.15 bits per heavy atom. The van der Waals surface area contributed by atoms with Crippen molar-refractivity contribution in [3.63, 3.8) is 0 Å². The number of aryl methyl sites for hydroxylation is 1. The average molecular weight is 384 g/mol. The molecule has 7 nitrogen and oxygen atoms in total. The van der Waals surface area contributed by atoms with Crippen molar-refractivity contribution in [2.45, 2.75) is 49.4 Å². The van der Waals surface area contributed by atoms with E-state index < -0.39 is 26.4 Å². The quantitative estimate of drug-likeness (QED) is 0.850. The SMILES string of the molecule is O=C(NCc1nnc2n1CCCCC2)c1ccc(S(=O)(=O)C(F)F)cc1. The van der Waals surface area contributed by atoms with Crippen LogP contribution in [0.1, 0.15) is 41.3 Å². The van der Waals surface area contributed by atoms with Gasteiger partial charge < -0.3 is 9.88 Å². The predicted octanol–water partition coefficient (Wildman–Crippen LogP) is 1.93. The third-order valence-corrected chi connectivity index (χ3v) is 5.67. The maximum atomic E-state index is 12.5. The first-order valence-corrected chi connectivity index (χ1v) is 9.75. The van der Waals surface area contributed by atoms with Gasteiger partial charge in [-0.2, -0.15) is 8.78 Å². The van der Waals surface area contributed by atoms with Crippen LogP contribution in [0.15, 0.2) is 29.2 Å². The molecule has 3 rings (SSSR count). The molecule has 0 radical (unpaired) electrons. The number of halogens is 2. The van der Waals surface area contributed by atoms with Crippen LogP contribution in [-0.2, 0) is 29.3 Å². The number of benzene rings is 1. The smallest absolute Gasteiger partial charge is 0.341 e. The normalized spacial score (nSPS) is 14.7. The molecule has 0 saturated carbocycles. The van der Waals surface area contributed by atoms with Crippen molar-refractivity contribution < 1.29 is 22.0 Å². The van der Waals surface area contributed by atoms with Gasteiger partial charge in [0.15, 0.2) is 5.82 Å². The van der Waals surface area contributed by atoms with E-state index >= 15 is 0 Å². The summed E-state index contributed by atoms with van der Waals surface area (Å²) in [6.45, 7) is 0.997. The van der Waals surface area contributed by atoms with Crippen molar-refractivity contribution in [3.8, 4) is 0 Å². The summed E-state index contributed by atoms with van der Waals surface area (Å²) in [4.78, 5) is 11.7. The lowest BCUT2D eigenvalue weighted by atomic mass is 10.2. The van der Waals surface area contributed by atoms with Crippen molar-refractivity contribution in [1.82, 2.24) is 20.1 Å². The molecule has 0 unspecified atom stereocenters. The lowest BCUT2D eigenvalue weighted by Gasteiger charge is -2.09. The molecule has 1 aliphatic heterocycles. The Balaban J connectivity index is 1.67. The number of amides is 1. The van der Waals surface area contributed by atoms with Crippen LogP contribution in [0.5, 0.6) is 0 Å². The number of fused-ring (bicyclic) bond motifs is 1. The number of hydrogen-bond donors (Lipinski definition) is 1. The molecule has 0 fully saturated rings. The lowest BCUT2D eigenvalue weighted by Crippen LogP contribution is -2.25. The Bertz CT molecular complexity index is 895. The van der Waals surface area contributed by atoms with E-state index in [9.17, 15) is 22.0 Å². The standard InChI is InChI=1S/C16H18F2N4O3S/c17-16(18)26(24,25)12-7-5-11(6-8-12)15(23)19-10-14-21-20-13-4-2-1-3-9-22(13)14/h5-8,16H,1-4,9-10H2,(H,19,23). The lowest BCUT2D eigenvalue weighted by molar-refractivity contribution is 0.0949. The van der Waals surface area contributed by atoms with Crippen LogP contribution in [0.2, 0.25) is 0 Å². The van der Waals surface area contributed by atoms with Crippen LogP contribution in [0.3, 0.4) is 0 Å². The molecule has 1 N–H and O–H groups in total. The second-order valence-corrected chi connectivity index (χ2v) is 7.93. The van der Waals surface area contributed by atoms with Crippen LogP contribution in [0, 0.1) is 0 Å². The van der Waals surface area contributed by atoms with E-state index in [-0.39, 0.29) is 12.1 Å². The van der Waals surface area contributed by atoms with Gasteiger partial charge in [0.1, 0.15) is 5.82 Å². The molecule has 2 heterocycles. The molecule has 0 aliphatic carbocycles. The van der Waals surface area contributed by atoms with E-state index in [1.165, 1.54) is 12.1 Å². The summed E-state index contributed by atoms with van der Waals surface area (Å²) < 4.78 is 49.8. The molecule has 10 heteroatoms. The zero-order chi connectivity index (χ0) is 18.7. The van der Waals surface area contributed by atoms with Crippen molar-refractivity contribution in [2.75, 3.05) is 0 Å². The Morgan fingerprint density at radius 3 is 2.58 bits per heavy atom. The Labute approximate surface area is 149 Å². The molecule has 0 saturated heterocycles. The van der Waals surface area contributed by atoms with E-state index in [1.54, 1.807) is 0 Å². The molecule has 26 heavy (non-hydrogen) atoms. The van der Waals surface area contributed by atoms with Gasteiger partial charge >= 0.3 is 5.76 Å². The summed E-state index contributed by atoms with van der Waals surface area (Å²) in [6, 6.07) is 4.41. The number of nitrogens with one attached hydrogen (secondary N) is 1. The van der Waals surface area contributed by atoms with Gasteiger partial charge in [-0.15, -0.1) is 10.2 Å². The maximum Gasteiger partial charge on any atom is 0.341 e. The van der Waals surface area contributed by atoms with Gasteiger partial charge in [-0.25, -0.2) is 8.42 Å². The molecular weight excluding hydrogens is 366 g/mol. The number of sulfone groups is 1. The molecule has 1 aliphatic rings. The van der Waals surface area contributed by atoms with Gasteiger partial charge in [-0.3, -0.25) is 4.79 Å². The molecule has 0 bridgehead atoms. The van der Waals surface area contributed by atoms with Crippen LogP contribution in [-0.4, -0.2) is 34.8 Å². The maximum absolute atomic E-state index is 12.5. The van der Waals surface area contributed by atoms with Crippen molar-refractivity contribution in [3.05, 3.63) is 41.5 Å². The van der Waals surface area contributed by atoms with E-state index in [4.69, 9.17) is 0 Å². The highest BCUT2D eigenvalue weighted by molar-refractivity contribution is 7.91. The summed E-state index contributed by atoms with van der Waals surface area (Å²) in [7, 11) is -4.67. The second-order valence-electron chi connectivity index (χ2n) is 6.01. The average Bonchev–Trinajstić information content (AvgIpc) is 2.86. The van der Waals surface area contributed by atoms with Crippen molar-refractivity contribution in [2.24, 2.45) is 0 Å². The fraction of sp³-hybridized carbons (Fsp3) is 0.438. The first-order chi connectivity index (χ1) is 12.4. The number of alkyl halides is 2. The molecule has 0 atom stereocenters. The summed E-state index contributed by atoms with van der Waals surface area (Å²) in [5.41, 5.74) is 0.175. The minimum atomic E-state index is -4.67. The highest BCUT2D eigenvalue weighted by Crippen LogP contribution is 2.19. The summed E-state index contributed by atoms with van der Waals surface area (Å²) in [6.07, 6.45) is 4.09. The van der Waals surface area contributed by atoms with Gasteiger partial charge in [-0.1, -0.05) is 6.42 Å². The van der Waals surface area contributed by atoms with Gasteiger partial charge in [0, 0.05) is 18.5 Å². The third-order valence-electron chi connectivity index (χ3n) is 4.27. The Hall–Kier alpha value is -2.36. The van der Waals surface area contributed by atoms with Gasteiger partial charge in [0.05, 0.1) is 11.4 Å². The molecule has 1 aromatic heterocycles. The molecule has 140 valence electrons. The Morgan fingerprint density at radius 2 is 1.88 bits per heavy atom. The van der Waals surface area contributed by atoms with E-state index in [2.05, 4.69) is 15.5 Å². The van der Waals surface area contributed by atoms with Gasteiger partial charge in [-0.05, 0) is 37.1 Å². The number of aromatic nitrogens is 3. The second kappa shape index (κ2) is 7.48. The summed E-state index contributed by atoms with van der Waals surface area (Å²) in [5, 5.41) is 10.9. The monoisotopic (exact) mass is 384 g/mol. The molecule has 1 amide bonds. The molecule has 2 aromatic rings. The highest BCUT2D eigenvalue weighted by atomic mass is 32.2. The zero-order valence-electron chi connectivity index (χ0n) is 13.9. The molecular formula is C16H18F2N4O3S. The van der Waals surface area contributed by atoms with Crippen LogP contribution in [0.25, 0.3) is 0 Å². The van der Waals surface area contributed by atoms with Crippen LogP contribution >= 0.6 is 0 Å². The number of hydrogen-bond acceptors (Lipinski definition) is 5. The number of carbonyl (C=O) groups is 1. The van der Waals surface area contributed by atoms with Crippen molar-refractivity contribution >= 4 is 15.7 Å². The minimum absolute atomic E-state index is 0.175. The fourth-order valence-corrected chi connectivity index (χ4v) is 3.56. The first-order valence-electron chi connectivity index (χ1n) is 8.21. The third kappa shape index (κ3) is 3.74. The minimum Gasteiger partial charge on any atom is -0.345 e. The van der Waals surface area contributed by atoms with E-state index in [0.717, 1.165) is 50.2 Å². The Kier molecular flexibility index (Phi) is 5.30. The van der Waals surface area contributed by atoms with Crippen LogP contribution in [0.4, 0.5) is 8.78 Å². The molecule has 0 spiro atoms. The summed E-state index contributed by atoms with van der Waals surface area (Å²) in [5.74, 6) is -2.37. The highest BCUT2D eigenvalue weighted by Gasteiger charge is 2.26. The predicted molar refractivity (Wildman–Crippen MR) is 88.4 cm³/mol. The fourth-order valence-electron chi connectivity index (χ4n) is 2.84. The van der Waals surface area contributed by atoms with Gasteiger partial charge in [0.25, 0.3) is 5.91 Å². The summed E-state index contributed by atoms with van der Waals surface area (Å²) >= 11 is 0. The van der Waals surface area contributed by atoms with Crippen LogP contribution < -0.4 is 5.32 Å². The largest absolute Gasteiger partial charge is 0.345 e. The number of nitrogens with zero attached hydrogens (tertiary/aromatic N) is 3. The number of rotatable bonds is 5. The van der Waals surface area contributed by atoms with E-state index in [0.29, 0.717) is 5.82 Å². The first kappa shape index (κ1) is 18.4. The van der Waals surface area contributed by atoms with Crippen molar-refractivity contribution in [1.29, 1.82) is 0 Å². The zero-order valence-corrected chi connectivity index (χ0v) is 14.7. The van der Waals surface area contributed by atoms with E-state index in [1.807, 2.05) is 4.57 Å².